The normalized spacial score (nSPS) is 12.8. The van der Waals surface area contributed by atoms with Crippen molar-refractivity contribution in [2.45, 2.75) is 19.4 Å². The van der Waals surface area contributed by atoms with Crippen LogP contribution in [0, 0.1) is 0 Å². The van der Waals surface area contributed by atoms with Gasteiger partial charge in [0.1, 0.15) is 0 Å². The second kappa shape index (κ2) is 5.80. The average Bonchev–Trinajstić information content (AvgIpc) is 2.38. The molecule has 2 nitrogen and oxygen atoms in total. The van der Waals surface area contributed by atoms with Crippen LogP contribution in [-0.2, 0) is 4.74 Å². The molecule has 0 aliphatic rings. The second-order valence-electron chi connectivity index (χ2n) is 4.02. The average molecular weight is 230 g/mol. The molecule has 1 unspecified atom stereocenters. The predicted molar refractivity (Wildman–Crippen MR) is 70.0 cm³/mol. The molecule has 17 heavy (non-hydrogen) atoms. The third-order valence-corrected chi connectivity index (χ3v) is 2.93. The van der Waals surface area contributed by atoms with E-state index in [0.29, 0.717) is 13.0 Å². The molecule has 2 aromatic carbocycles. The van der Waals surface area contributed by atoms with E-state index in [1.165, 1.54) is 16.3 Å². The van der Waals surface area contributed by atoms with Gasteiger partial charge in [-0.3, -0.25) is 0 Å². The summed E-state index contributed by atoms with van der Waals surface area (Å²) in [6, 6.07) is 14.5. The Labute approximate surface area is 102 Å². The van der Waals surface area contributed by atoms with Gasteiger partial charge in [0.2, 0.25) is 0 Å². The highest BCUT2D eigenvalue weighted by molar-refractivity contribution is 5.85. The fourth-order valence-corrected chi connectivity index (χ4v) is 2.18. The van der Waals surface area contributed by atoms with Crippen LogP contribution in [0.25, 0.3) is 10.8 Å². The SMILES string of the molecule is CCOC(CCO)c1cccc2ccccc12. The zero-order chi connectivity index (χ0) is 12.1. The van der Waals surface area contributed by atoms with Crippen LogP contribution >= 0.6 is 0 Å². The Bertz CT molecular complexity index is 468. The fraction of sp³-hybridized carbons (Fsp3) is 0.333. The van der Waals surface area contributed by atoms with Crippen molar-refractivity contribution in [1.29, 1.82) is 0 Å². The van der Waals surface area contributed by atoms with E-state index in [2.05, 4.69) is 24.3 Å². The van der Waals surface area contributed by atoms with Gasteiger partial charge in [-0.05, 0) is 23.3 Å². The van der Waals surface area contributed by atoms with E-state index >= 15 is 0 Å². The Kier molecular flexibility index (Phi) is 4.13. The smallest absolute Gasteiger partial charge is 0.0852 e. The van der Waals surface area contributed by atoms with Crippen LogP contribution in [0.3, 0.4) is 0 Å². The summed E-state index contributed by atoms with van der Waals surface area (Å²) in [5, 5.41) is 11.5. The molecule has 1 atom stereocenters. The van der Waals surface area contributed by atoms with Crippen molar-refractivity contribution in [1.82, 2.24) is 0 Å². The molecular weight excluding hydrogens is 212 g/mol. The van der Waals surface area contributed by atoms with Gasteiger partial charge in [-0.1, -0.05) is 42.5 Å². The van der Waals surface area contributed by atoms with Crippen LogP contribution in [0.4, 0.5) is 0 Å². The minimum Gasteiger partial charge on any atom is -0.396 e. The molecule has 0 fully saturated rings. The quantitative estimate of drug-likeness (QED) is 0.854. The summed E-state index contributed by atoms with van der Waals surface area (Å²) in [5.74, 6) is 0. The molecule has 0 radical (unpaired) electrons. The second-order valence-corrected chi connectivity index (χ2v) is 4.02. The van der Waals surface area contributed by atoms with E-state index in [0.717, 1.165) is 0 Å². The molecule has 0 aliphatic heterocycles. The van der Waals surface area contributed by atoms with Crippen LogP contribution in [0.2, 0.25) is 0 Å². The molecule has 1 N–H and O–H groups in total. The molecule has 2 heteroatoms. The number of hydrogen-bond acceptors (Lipinski definition) is 2. The van der Waals surface area contributed by atoms with Gasteiger partial charge >= 0.3 is 0 Å². The van der Waals surface area contributed by atoms with Crippen LogP contribution in [0.5, 0.6) is 0 Å². The Morgan fingerprint density at radius 1 is 1.12 bits per heavy atom. The van der Waals surface area contributed by atoms with Crippen molar-refractivity contribution in [2.24, 2.45) is 0 Å². The van der Waals surface area contributed by atoms with Gasteiger partial charge in [0.25, 0.3) is 0 Å². The molecule has 0 heterocycles. The summed E-state index contributed by atoms with van der Waals surface area (Å²) in [6.45, 7) is 2.79. The number of aliphatic hydroxyl groups is 1. The first kappa shape index (κ1) is 12.1. The standard InChI is InChI=1S/C15H18O2/c1-2-17-15(10-11-16)14-9-5-7-12-6-3-4-8-13(12)14/h3-9,15-16H,2,10-11H2,1H3. The van der Waals surface area contributed by atoms with Crippen LogP contribution < -0.4 is 0 Å². The number of hydrogen-bond donors (Lipinski definition) is 1. The largest absolute Gasteiger partial charge is 0.396 e. The highest BCUT2D eigenvalue weighted by Crippen LogP contribution is 2.28. The molecule has 0 bridgehead atoms. The Morgan fingerprint density at radius 2 is 1.88 bits per heavy atom. The van der Waals surface area contributed by atoms with Crippen molar-refractivity contribution in [3.05, 3.63) is 48.0 Å². The number of rotatable bonds is 5. The van der Waals surface area contributed by atoms with Crippen molar-refractivity contribution < 1.29 is 9.84 Å². The molecule has 90 valence electrons. The summed E-state index contributed by atoms with van der Waals surface area (Å²) in [7, 11) is 0. The molecular formula is C15H18O2. The lowest BCUT2D eigenvalue weighted by Crippen LogP contribution is -2.07. The van der Waals surface area contributed by atoms with Gasteiger partial charge in [-0.2, -0.15) is 0 Å². The molecule has 2 aromatic rings. The van der Waals surface area contributed by atoms with Gasteiger partial charge in [0.05, 0.1) is 6.10 Å². The third-order valence-electron chi connectivity index (χ3n) is 2.93. The van der Waals surface area contributed by atoms with Gasteiger partial charge in [-0.15, -0.1) is 0 Å². The Morgan fingerprint density at radius 3 is 2.65 bits per heavy atom. The van der Waals surface area contributed by atoms with Gasteiger partial charge < -0.3 is 9.84 Å². The van der Waals surface area contributed by atoms with Gasteiger partial charge in [-0.25, -0.2) is 0 Å². The molecule has 0 aromatic heterocycles. The highest BCUT2D eigenvalue weighted by atomic mass is 16.5. The highest BCUT2D eigenvalue weighted by Gasteiger charge is 2.13. The van der Waals surface area contributed by atoms with E-state index in [-0.39, 0.29) is 12.7 Å². The van der Waals surface area contributed by atoms with Gasteiger partial charge in [0.15, 0.2) is 0 Å². The molecule has 2 rings (SSSR count). The van der Waals surface area contributed by atoms with Gasteiger partial charge in [0, 0.05) is 19.6 Å². The zero-order valence-corrected chi connectivity index (χ0v) is 10.1. The number of aliphatic hydroxyl groups excluding tert-OH is 1. The zero-order valence-electron chi connectivity index (χ0n) is 10.1. The third kappa shape index (κ3) is 2.65. The first-order chi connectivity index (χ1) is 8.36. The molecule has 0 saturated carbocycles. The van der Waals surface area contributed by atoms with Crippen molar-refractivity contribution in [3.8, 4) is 0 Å². The summed E-state index contributed by atoms with van der Waals surface area (Å²) in [4.78, 5) is 0. The molecule has 0 spiro atoms. The van der Waals surface area contributed by atoms with Crippen molar-refractivity contribution in [3.63, 3.8) is 0 Å². The monoisotopic (exact) mass is 230 g/mol. The summed E-state index contributed by atoms with van der Waals surface area (Å²) >= 11 is 0. The van der Waals surface area contributed by atoms with Crippen LogP contribution in [0.15, 0.2) is 42.5 Å². The summed E-state index contributed by atoms with van der Waals surface area (Å²) in [6.07, 6.45) is 0.623. The predicted octanol–water partition coefficient (Wildman–Crippen LogP) is 3.30. The Hall–Kier alpha value is -1.38. The van der Waals surface area contributed by atoms with Crippen LogP contribution in [0.1, 0.15) is 25.0 Å². The lowest BCUT2D eigenvalue weighted by Gasteiger charge is -2.18. The van der Waals surface area contributed by atoms with E-state index in [1.807, 2.05) is 25.1 Å². The van der Waals surface area contributed by atoms with E-state index < -0.39 is 0 Å². The maximum absolute atomic E-state index is 9.12. The maximum Gasteiger partial charge on any atom is 0.0852 e. The lowest BCUT2D eigenvalue weighted by molar-refractivity contribution is 0.0441. The Balaban J connectivity index is 2.44. The van der Waals surface area contributed by atoms with E-state index in [9.17, 15) is 0 Å². The number of ether oxygens (including phenoxy) is 1. The van der Waals surface area contributed by atoms with Crippen molar-refractivity contribution >= 4 is 10.8 Å². The fourth-order valence-electron chi connectivity index (χ4n) is 2.18. The molecule has 0 saturated heterocycles. The van der Waals surface area contributed by atoms with Crippen LogP contribution in [-0.4, -0.2) is 18.3 Å². The minimum atomic E-state index is -0.0175. The lowest BCUT2D eigenvalue weighted by atomic mass is 9.99. The summed E-state index contributed by atoms with van der Waals surface area (Å²) < 4.78 is 5.72. The maximum atomic E-state index is 9.12. The van der Waals surface area contributed by atoms with Crippen molar-refractivity contribution in [2.75, 3.05) is 13.2 Å². The van der Waals surface area contributed by atoms with E-state index in [4.69, 9.17) is 9.84 Å². The first-order valence-corrected chi connectivity index (χ1v) is 6.07. The first-order valence-electron chi connectivity index (χ1n) is 6.07. The molecule has 0 amide bonds. The summed E-state index contributed by atoms with van der Waals surface area (Å²) in [5.41, 5.74) is 1.17. The molecule has 0 aliphatic carbocycles. The minimum absolute atomic E-state index is 0.0175. The van der Waals surface area contributed by atoms with E-state index in [1.54, 1.807) is 0 Å². The number of fused-ring (bicyclic) bond motifs is 1. The topological polar surface area (TPSA) is 29.5 Å². The number of benzene rings is 2.